The first kappa shape index (κ1) is 23.8. The van der Waals surface area contributed by atoms with Gasteiger partial charge in [0.1, 0.15) is 10.0 Å². The number of anilines is 1. The molecule has 0 spiro atoms. The van der Waals surface area contributed by atoms with Crippen LogP contribution >= 0.6 is 11.6 Å². The molecule has 0 aliphatic carbocycles. The Labute approximate surface area is 197 Å². The SMILES string of the molecule is Cc1nn(C)c(Cl)c1S(=O)(=O)Nc1nc2ccccc2nc1OC(c1ccccc1)C(F)(F)F. The van der Waals surface area contributed by atoms with Crippen LogP contribution in [0.5, 0.6) is 5.88 Å². The Kier molecular flexibility index (Phi) is 6.13. The fraction of sp³-hybridized carbons (Fsp3) is 0.190. The molecule has 4 aromatic rings. The molecule has 2 aromatic carbocycles. The average molecular weight is 512 g/mol. The number of nitrogens with one attached hydrogen (secondary N) is 1. The second kappa shape index (κ2) is 8.76. The van der Waals surface area contributed by atoms with Crippen LogP contribution in [0.15, 0.2) is 59.5 Å². The number of aromatic nitrogens is 4. The number of alkyl halides is 3. The third kappa shape index (κ3) is 4.64. The Morgan fingerprint density at radius 3 is 2.18 bits per heavy atom. The van der Waals surface area contributed by atoms with Gasteiger partial charge >= 0.3 is 6.18 Å². The second-order valence-corrected chi connectivity index (χ2v) is 9.23. The lowest BCUT2D eigenvalue weighted by molar-refractivity contribution is -0.198. The number of nitrogens with zero attached hydrogens (tertiary/aromatic N) is 4. The fourth-order valence-electron chi connectivity index (χ4n) is 3.29. The van der Waals surface area contributed by atoms with E-state index in [1.807, 2.05) is 0 Å². The zero-order chi connectivity index (χ0) is 24.7. The quantitative estimate of drug-likeness (QED) is 0.399. The van der Waals surface area contributed by atoms with Crippen LogP contribution < -0.4 is 9.46 Å². The van der Waals surface area contributed by atoms with Crippen LogP contribution in [-0.2, 0) is 17.1 Å². The van der Waals surface area contributed by atoms with E-state index in [2.05, 4.69) is 19.8 Å². The maximum atomic E-state index is 13.9. The number of hydrogen-bond donors (Lipinski definition) is 1. The van der Waals surface area contributed by atoms with Gasteiger partial charge in [0.15, 0.2) is 0 Å². The van der Waals surface area contributed by atoms with Crippen LogP contribution in [0.25, 0.3) is 11.0 Å². The summed E-state index contributed by atoms with van der Waals surface area (Å²) in [5.74, 6) is -1.17. The molecule has 13 heteroatoms. The van der Waals surface area contributed by atoms with Crippen molar-refractivity contribution in [2.24, 2.45) is 7.05 Å². The number of fused-ring (bicyclic) bond motifs is 1. The Morgan fingerprint density at radius 2 is 1.62 bits per heavy atom. The number of hydrogen-bond acceptors (Lipinski definition) is 6. The van der Waals surface area contributed by atoms with Gasteiger partial charge < -0.3 is 4.74 Å². The minimum absolute atomic E-state index is 0.0914. The highest BCUT2D eigenvalue weighted by atomic mass is 35.5. The molecule has 1 atom stereocenters. The monoisotopic (exact) mass is 511 g/mol. The van der Waals surface area contributed by atoms with E-state index in [4.69, 9.17) is 16.3 Å². The maximum Gasteiger partial charge on any atom is 0.429 e. The summed E-state index contributed by atoms with van der Waals surface area (Å²) in [4.78, 5) is 7.94. The summed E-state index contributed by atoms with van der Waals surface area (Å²) in [6.45, 7) is 1.43. The third-order valence-electron chi connectivity index (χ3n) is 4.77. The molecule has 0 aliphatic heterocycles. The van der Waals surface area contributed by atoms with Crippen molar-refractivity contribution in [3.8, 4) is 5.88 Å². The summed E-state index contributed by atoms with van der Waals surface area (Å²) in [5.41, 5.74) is 0.355. The molecule has 34 heavy (non-hydrogen) atoms. The topological polar surface area (TPSA) is 99.0 Å². The van der Waals surface area contributed by atoms with Crippen molar-refractivity contribution in [2.45, 2.75) is 24.1 Å². The average Bonchev–Trinajstić information content (AvgIpc) is 3.03. The molecule has 1 unspecified atom stereocenters. The molecule has 0 radical (unpaired) electrons. The lowest BCUT2D eigenvalue weighted by atomic mass is 10.1. The van der Waals surface area contributed by atoms with Gasteiger partial charge in [0.25, 0.3) is 15.9 Å². The molecule has 0 aliphatic rings. The normalized spacial score (nSPS) is 13.1. The van der Waals surface area contributed by atoms with E-state index < -0.39 is 34.0 Å². The number of halogens is 4. The van der Waals surface area contributed by atoms with Crippen LogP contribution in [0.1, 0.15) is 17.4 Å². The molecule has 0 amide bonds. The van der Waals surface area contributed by atoms with Crippen LogP contribution in [-0.4, -0.2) is 34.3 Å². The Bertz CT molecular complexity index is 1460. The van der Waals surface area contributed by atoms with Crippen LogP contribution in [0, 0.1) is 6.92 Å². The van der Waals surface area contributed by atoms with Crippen LogP contribution in [0.4, 0.5) is 19.0 Å². The molecule has 8 nitrogen and oxygen atoms in total. The zero-order valence-corrected chi connectivity index (χ0v) is 19.3. The van der Waals surface area contributed by atoms with E-state index in [1.165, 1.54) is 50.4 Å². The number of aryl methyl sites for hydroxylation is 2. The van der Waals surface area contributed by atoms with Crippen LogP contribution in [0.2, 0.25) is 5.15 Å². The predicted octanol–water partition coefficient (Wildman–Crippen LogP) is 4.81. The maximum absolute atomic E-state index is 13.9. The highest BCUT2D eigenvalue weighted by molar-refractivity contribution is 7.92. The van der Waals surface area contributed by atoms with Gasteiger partial charge in [0.05, 0.1) is 16.7 Å². The largest absolute Gasteiger partial charge is 0.457 e. The Morgan fingerprint density at radius 1 is 1.03 bits per heavy atom. The van der Waals surface area contributed by atoms with Gasteiger partial charge in [-0.25, -0.2) is 18.4 Å². The smallest absolute Gasteiger partial charge is 0.429 e. The third-order valence-corrected chi connectivity index (χ3v) is 6.80. The molecule has 0 fully saturated rings. The summed E-state index contributed by atoms with van der Waals surface area (Å²) in [6.07, 6.45) is -7.25. The number of rotatable bonds is 6. The van der Waals surface area contributed by atoms with Gasteiger partial charge in [0.2, 0.25) is 11.9 Å². The fourth-order valence-corrected chi connectivity index (χ4v) is 5.04. The predicted molar refractivity (Wildman–Crippen MR) is 119 cm³/mol. The highest BCUT2D eigenvalue weighted by Gasteiger charge is 2.44. The van der Waals surface area contributed by atoms with Crippen LogP contribution in [0.3, 0.4) is 0 Å². The van der Waals surface area contributed by atoms with Crippen molar-refractivity contribution >= 4 is 38.5 Å². The van der Waals surface area contributed by atoms with Crippen molar-refractivity contribution in [2.75, 3.05) is 4.72 Å². The van der Waals surface area contributed by atoms with Crippen molar-refractivity contribution in [1.29, 1.82) is 0 Å². The summed E-state index contributed by atoms with van der Waals surface area (Å²) in [6, 6.07) is 13.2. The summed E-state index contributed by atoms with van der Waals surface area (Å²) >= 11 is 6.09. The van der Waals surface area contributed by atoms with Crippen molar-refractivity contribution < 1.29 is 26.3 Å². The van der Waals surface area contributed by atoms with Gasteiger partial charge in [-0.2, -0.15) is 18.3 Å². The lowest BCUT2D eigenvalue weighted by Crippen LogP contribution is -2.27. The van der Waals surface area contributed by atoms with Gasteiger partial charge in [-0.05, 0) is 19.1 Å². The van der Waals surface area contributed by atoms with E-state index in [9.17, 15) is 21.6 Å². The Hall–Kier alpha value is -3.38. The Balaban J connectivity index is 1.84. The molecule has 178 valence electrons. The second-order valence-electron chi connectivity index (χ2n) is 7.25. The molecule has 4 rings (SSSR count). The molecular weight excluding hydrogens is 495 g/mol. The minimum atomic E-state index is -4.83. The van der Waals surface area contributed by atoms with E-state index in [-0.39, 0.29) is 32.3 Å². The summed E-state index contributed by atoms with van der Waals surface area (Å²) in [7, 11) is -2.96. The van der Waals surface area contributed by atoms with Gasteiger partial charge in [0, 0.05) is 12.6 Å². The molecule has 0 saturated heterocycles. The van der Waals surface area contributed by atoms with Crippen molar-refractivity contribution in [1.82, 2.24) is 19.7 Å². The van der Waals surface area contributed by atoms with Crippen molar-refractivity contribution in [3.05, 3.63) is 71.0 Å². The minimum Gasteiger partial charge on any atom is -0.457 e. The number of sulfonamides is 1. The number of para-hydroxylation sites is 2. The molecular formula is C21H17ClF3N5O3S. The van der Waals surface area contributed by atoms with E-state index in [0.717, 1.165) is 4.68 Å². The highest BCUT2D eigenvalue weighted by Crippen LogP contribution is 2.39. The standard InChI is InChI=1S/C21H17ClF3N5O3S/c1-12-16(18(22)30(2)28-12)34(31,32)29-19-20(27-15-11-7-6-10-14(15)26-19)33-17(21(23,24)25)13-8-4-3-5-9-13/h3-11,17H,1-2H3,(H,26,29). The molecule has 2 aromatic heterocycles. The van der Waals surface area contributed by atoms with Crippen molar-refractivity contribution in [3.63, 3.8) is 0 Å². The van der Waals surface area contributed by atoms with Gasteiger partial charge in [-0.1, -0.05) is 54.1 Å². The number of benzene rings is 2. The van der Waals surface area contributed by atoms with Gasteiger partial charge in [-0.15, -0.1) is 0 Å². The van der Waals surface area contributed by atoms with E-state index >= 15 is 0 Å². The molecule has 0 bridgehead atoms. The molecule has 2 heterocycles. The number of ether oxygens (including phenoxy) is 1. The summed E-state index contributed by atoms with van der Waals surface area (Å²) in [5, 5.41) is 3.78. The first-order valence-corrected chi connectivity index (χ1v) is 11.6. The lowest BCUT2D eigenvalue weighted by Gasteiger charge is -2.23. The summed E-state index contributed by atoms with van der Waals surface area (Å²) < 4.78 is 76.5. The molecule has 0 saturated carbocycles. The molecule has 1 N–H and O–H groups in total. The first-order valence-electron chi connectivity index (χ1n) is 9.74. The van der Waals surface area contributed by atoms with Gasteiger partial charge in [-0.3, -0.25) is 9.40 Å². The first-order chi connectivity index (χ1) is 16.0. The van der Waals surface area contributed by atoms with E-state index in [1.54, 1.807) is 18.2 Å². The zero-order valence-electron chi connectivity index (χ0n) is 17.7. The van der Waals surface area contributed by atoms with E-state index in [0.29, 0.717) is 0 Å².